The van der Waals surface area contributed by atoms with E-state index in [0.717, 1.165) is 0 Å². The van der Waals surface area contributed by atoms with Crippen LogP contribution < -0.4 is 5.73 Å². The first kappa shape index (κ1) is 16.9. The van der Waals surface area contributed by atoms with Crippen molar-refractivity contribution in [2.24, 2.45) is 5.73 Å². The largest absolute Gasteiger partial charge is 0.460 e. The molecule has 0 saturated carbocycles. The maximum atomic E-state index is 12.7. The summed E-state index contributed by atoms with van der Waals surface area (Å²) < 4.78 is 37.3. The van der Waals surface area contributed by atoms with Gasteiger partial charge < -0.3 is 14.9 Å². The van der Waals surface area contributed by atoms with Gasteiger partial charge in [-0.05, 0) is 38.5 Å². The van der Waals surface area contributed by atoms with Crippen LogP contribution in [0.2, 0.25) is 0 Å². The summed E-state index contributed by atoms with van der Waals surface area (Å²) in [6.07, 6.45) is 0.652. The van der Waals surface area contributed by atoms with Gasteiger partial charge >= 0.3 is 5.97 Å². The molecule has 1 aromatic heterocycles. The first-order chi connectivity index (χ1) is 11.3. The molecule has 7 nitrogen and oxygen atoms in total. The summed E-state index contributed by atoms with van der Waals surface area (Å²) in [6.45, 7) is 4.39. The lowest BCUT2D eigenvalue weighted by atomic mass is 10.1. The van der Waals surface area contributed by atoms with Crippen LogP contribution in [0.25, 0.3) is 11.0 Å². The third kappa shape index (κ3) is 2.81. The Morgan fingerprint density at radius 3 is 2.83 bits per heavy atom. The van der Waals surface area contributed by atoms with Gasteiger partial charge in [0.05, 0.1) is 11.5 Å². The van der Waals surface area contributed by atoms with E-state index in [9.17, 15) is 13.2 Å². The summed E-state index contributed by atoms with van der Waals surface area (Å²) in [5.74, 6) is -0.453. The van der Waals surface area contributed by atoms with Gasteiger partial charge in [-0.1, -0.05) is 0 Å². The lowest BCUT2D eigenvalue weighted by Crippen LogP contribution is -2.31. The van der Waals surface area contributed by atoms with E-state index in [0.29, 0.717) is 36.0 Å². The van der Waals surface area contributed by atoms with E-state index in [1.165, 1.54) is 16.4 Å². The van der Waals surface area contributed by atoms with E-state index < -0.39 is 16.0 Å². The summed E-state index contributed by atoms with van der Waals surface area (Å²) in [5.41, 5.74) is 6.83. The van der Waals surface area contributed by atoms with Crippen LogP contribution in [0.15, 0.2) is 27.5 Å². The Morgan fingerprint density at radius 1 is 1.46 bits per heavy atom. The number of fused-ring (bicyclic) bond motifs is 1. The topological polar surface area (TPSA) is 103 Å². The standard InChI is InChI=1S/C16H20N2O5S/c1-3-22-16(19)15-10(2)13-8-12(4-5-14(13)23-15)24(20,21)18-7-6-11(17)9-18/h4-5,8,11H,3,6-7,9,17H2,1-2H3/t11-/m0/s1. The second-order valence-electron chi connectivity index (χ2n) is 5.85. The molecule has 0 radical (unpaired) electrons. The van der Waals surface area contributed by atoms with Crippen molar-refractivity contribution in [1.29, 1.82) is 0 Å². The molecule has 2 aromatic rings. The quantitative estimate of drug-likeness (QED) is 0.839. The molecule has 1 atom stereocenters. The van der Waals surface area contributed by atoms with E-state index in [2.05, 4.69) is 0 Å². The van der Waals surface area contributed by atoms with Gasteiger partial charge in [0.2, 0.25) is 15.8 Å². The van der Waals surface area contributed by atoms with Gasteiger partial charge in [0.1, 0.15) is 5.58 Å². The highest BCUT2D eigenvalue weighted by atomic mass is 32.2. The average Bonchev–Trinajstić information content (AvgIpc) is 3.12. The molecule has 3 rings (SSSR count). The number of nitrogens with zero attached hydrogens (tertiary/aromatic N) is 1. The summed E-state index contributed by atoms with van der Waals surface area (Å²) in [5, 5.41) is 0.586. The third-order valence-corrected chi connectivity index (χ3v) is 6.05. The van der Waals surface area contributed by atoms with Crippen molar-refractivity contribution >= 4 is 27.0 Å². The minimum absolute atomic E-state index is 0.101. The summed E-state index contributed by atoms with van der Waals surface area (Å²) in [4.78, 5) is 12.1. The smallest absolute Gasteiger partial charge is 0.374 e. The highest BCUT2D eigenvalue weighted by Crippen LogP contribution is 2.30. The fourth-order valence-corrected chi connectivity index (χ4v) is 4.41. The number of rotatable bonds is 4. The average molecular weight is 352 g/mol. The van der Waals surface area contributed by atoms with Crippen molar-refractivity contribution in [3.63, 3.8) is 0 Å². The maximum absolute atomic E-state index is 12.7. The summed E-state index contributed by atoms with van der Waals surface area (Å²) in [7, 11) is -3.61. The van der Waals surface area contributed by atoms with Crippen molar-refractivity contribution in [3.8, 4) is 0 Å². The van der Waals surface area contributed by atoms with Crippen LogP contribution in [0.3, 0.4) is 0 Å². The molecule has 0 spiro atoms. The van der Waals surface area contributed by atoms with Crippen LogP contribution >= 0.6 is 0 Å². The molecule has 1 aliphatic heterocycles. The molecule has 24 heavy (non-hydrogen) atoms. The number of esters is 1. The molecule has 1 aromatic carbocycles. The lowest BCUT2D eigenvalue weighted by Gasteiger charge is -2.15. The van der Waals surface area contributed by atoms with Crippen molar-refractivity contribution in [2.75, 3.05) is 19.7 Å². The van der Waals surface area contributed by atoms with E-state index in [4.69, 9.17) is 14.9 Å². The molecule has 8 heteroatoms. The number of hydrogen-bond acceptors (Lipinski definition) is 6. The van der Waals surface area contributed by atoms with Gasteiger partial charge in [0, 0.05) is 30.1 Å². The van der Waals surface area contributed by atoms with Crippen LogP contribution in [0.5, 0.6) is 0 Å². The molecule has 0 amide bonds. The predicted molar refractivity (Wildman–Crippen MR) is 88.3 cm³/mol. The molecule has 1 aliphatic rings. The van der Waals surface area contributed by atoms with Gasteiger partial charge in [0.15, 0.2) is 0 Å². The lowest BCUT2D eigenvalue weighted by molar-refractivity contribution is 0.0491. The monoisotopic (exact) mass is 352 g/mol. The van der Waals surface area contributed by atoms with Crippen molar-refractivity contribution < 1.29 is 22.4 Å². The van der Waals surface area contributed by atoms with Gasteiger partial charge in [-0.2, -0.15) is 4.31 Å². The van der Waals surface area contributed by atoms with Crippen LogP contribution in [-0.4, -0.2) is 44.4 Å². The Labute approximate surface area is 140 Å². The molecular weight excluding hydrogens is 332 g/mol. The summed E-state index contributed by atoms with van der Waals surface area (Å²) >= 11 is 0. The van der Waals surface area contributed by atoms with Crippen LogP contribution in [0.4, 0.5) is 0 Å². The molecule has 0 bridgehead atoms. The highest BCUT2D eigenvalue weighted by Gasteiger charge is 2.31. The van der Waals surface area contributed by atoms with Crippen LogP contribution in [0, 0.1) is 6.92 Å². The Balaban J connectivity index is 2.02. The number of nitrogens with two attached hydrogens (primary N) is 1. The van der Waals surface area contributed by atoms with Gasteiger partial charge in [-0.25, -0.2) is 13.2 Å². The number of aryl methyl sites for hydroxylation is 1. The Kier molecular flexibility index (Phi) is 4.37. The van der Waals surface area contributed by atoms with Crippen LogP contribution in [-0.2, 0) is 14.8 Å². The Hall–Kier alpha value is -1.90. The SMILES string of the molecule is CCOC(=O)c1oc2ccc(S(=O)(=O)N3CC[C@H](N)C3)cc2c1C. The molecular formula is C16H20N2O5S. The van der Waals surface area contributed by atoms with E-state index in [-0.39, 0.29) is 23.3 Å². The molecule has 2 heterocycles. The zero-order valence-electron chi connectivity index (χ0n) is 13.6. The van der Waals surface area contributed by atoms with E-state index in [1.54, 1.807) is 19.9 Å². The number of benzene rings is 1. The minimum Gasteiger partial charge on any atom is -0.460 e. The Morgan fingerprint density at radius 2 is 2.21 bits per heavy atom. The maximum Gasteiger partial charge on any atom is 0.374 e. The zero-order valence-corrected chi connectivity index (χ0v) is 14.4. The third-order valence-electron chi connectivity index (χ3n) is 4.19. The minimum atomic E-state index is -3.61. The first-order valence-electron chi connectivity index (χ1n) is 7.80. The normalized spacial score (nSPS) is 19.0. The number of hydrogen-bond donors (Lipinski definition) is 1. The predicted octanol–water partition coefficient (Wildman–Crippen LogP) is 1.64. The van der Waals surface area contributed by atoms with Crippen molar-refractivity contribution in [2.45, 2.75) is 31.2 Å². The van der Waals surface area contributed by atoms with Gasteiger partial charge in [-0.3, -0.25) is 0 Å². The van der Waals surface area contributed by atoms with Gasteiger partial charge in [-0.15, -0.1) is 0 Å². The molecule has 0 unspecified atom stereocenters. The zero-order chi connectivity index (χ0) is 17.5. The number of ether oxygens (including phenoxy) is 1. The number of carbonyl (C=O) groups is 1. The second kappa shape index (κ2) is 6.19. The molecule has 1 saturated heterocycles. The van der Waals surface area contributed by atoms with E-state index >= 15 is 0 Å². The molecule has 130 valence electrons. The molecule has 1 fully saturated rings. The van der Waals surface area contributed by atoms with Crippen molar-refractivity contribution in [1.82, 2.24) is 4.31 Å². The summed E-state index contributed by atoms with van der Waals surface area (Å²) in [6, 6.07) is 4.46. The number of furan rings is 1. The molecule has 0 aliphatic carbocycles. The number of sulfonamides is 1. The van der Waals surface area contributed by atoms with Crippen molar-refractivity contribution in [3.05, 3.63) is 29.5 Å². The second-order valence-corrected chi connectivity index (χ2v) is 7.78. The highest BCUT2D eigenvalue weighted by molar-refractivity contribution is 7.89. The van der Waals surface area contributed by atoms with E-state index in [1.807, 2.05) is 0 Å². The Bertz CT molecular complexity index is 887. The first-order valence-corrected chi connectivity index (χ1v) is 9.24. The van der Waals surface area contributed by atoms with Crippen LogP contribution in [0.1, 0.15) is 29.5 Å². The fraction of sp³-hybridized carbons (Fsp3) is 0.438. The molecule has 2 N–H and O–H groups in total. The van der Waals surface area contributed by atoms with Gasteiger partial charge in [0.25, 0.3) is 0 Å². The fourth-order valence-electron chi connectivity index (χ4n) is 2.87. The number of carbonyl (C=O) groups excluding carboxylic acids is 1.